The van der Waals surface area contributed by atoms with Crippen LogP contribution in [0.5, 0.6) is 0 Å². The Morgan fingerprint density at radius 2 is 1.58 bits per heavy atom. The highest BCUT2D eigenvalue weighted by atomic mass is 16.2. The maximum atomic E-state index is 12.7. The molecule has 2 saturated heterocycles. The summed E-state index contributed by atoms with van der Waals surface area (Å²) in [7, 11) is 0. The van der Waals surface area contributed by atoms with E-state index in [1.807, 2.05) is 0 Å². The molecule has 110 valence electrons. The monoisotopic (exact) mass is 266 g/mol. The SMILES string of the molecule is CC(C)(C)N1CCCC(C(=O)N2CCCCCC2)C1. The highest BCUT2D eigenvalue weighted by Gasteiger charge is 2.33. The van der Waals surface area contributed by atoms with Crippen molar-refractivity contribution in [3.63, 3.8) is 0 Å². The van der Waals surface area contributed by atoms with Crippen molar-refractivity contribution >= 4 is 5.91 Å². The first-order chi connectivity index (χ1) is 8.98. The van der Waals surface area contributed by atoms with Crippen LogP contribution >= 0.6 is 0 Å². The molecule has 0 saturated carbocycles. The van der Waals surface area contributed by atoms with E-state index in [4.69, 9.17) is 0 Å². The van der Waals surface area contributed by atoms with Crippen LogP contribution in [0.15, 0.2) is 0 Å². The van der Waals surface area contributed by atoms with Crippen LogP contribution in [-0.2, 0) is 4.79 Å². The van der Waals surface area contributed by atoms with Gasteiger partial charge in [0.15, 0.2) is 0 Å². The molecule has 0 aromatic heterocycles. The molecule has 0 aromatic carbocycles. The molecule has 0 bridgehead atoms. The second-order valence-corrected chi connectivity index (χ2v) is 7.20. The first-order valence-electron chi connectivity index (χ1n) is 8.02. The maximum absolute atomic E-state index is 12.7. The van der Waals surface area contributed by atoms with Gasteiger partial charge in [0.1, 0.15) is 0 Å². The number of piperidine rings is 1. The molecule has 1 unspecified atom stereocenters. The Bertz CT molecular complexity index is 300. The van der Waals surface area contributed by atoms with Crippen LogP contribution < -0.4 is 0 Å². The van der Waals surface area contributed by atoms with Gasteiger partial charge in [-0.1, -0.05) is 12.8 Å². The summed E-state index contributed by atoms with van der Waals surface area (Å²) in [6.45, 7) is 10.9. The Labute approximate surface area is 118 Å². The Morgan fingerprint density at radius 1 is 0.947 bits per heavy atom. The predicted octanol–water partition coefficient (Wildman–Crippen LogP) is 2.90. The van der Waals surface area contributed by atoms with Gasteiger partial charge in [0.2, 0.25) is 5.91 Å². The fraction of sp³-hybridized carbons (Fsp3) is 0.938. The van der Waals surface area contributed by atoms with Crippen molar-refractivity contribution in [1.29, 1.82) is 0 Å². The number of hydrogen-bond donors (Lipinski definition) is 0. The number of carbonyl (C=O) groups excluding carboxylic acids is 1. The smallest absolute Gasteiger partial charge is 0.226 e. The maximum Gasteiger partial charge on any atom is 0.226 e. The molecule has 0 aliphatic carbocycles. The summed E-state index contributed by atoms with van der Waals surface area (Å²) in [6.07, 6.45) is 7.23. The van der Waals surface area contributed by atoms with E-state index in [0.29, 0.717) is 5.91 Å². The zero-order valence-corrected chi connectivity index (χ0v) is 13.0. The van der Waals surface area contributed by atoms with Crippen LogP contribution in [0.25, 0.3) is 0 Å². The first-order valence-corrected chi connectivity index (χ1v) is 8.02. The molecule has 0 aromatic rings. The number of likely N-dealkylation sites (tertiary alicyclic amines) is 2. The van der Waals surface area contributed by atoms with E-state index in [-0.39, 0.29) is 11.5 Å². The third-order valence-corrected chi connectivity index (χ3v) is 4.64. The number of rotatable bonds is 1. The molecule has 2 fully saturated rings. The summed E-state index contributed by atoms with van der Waals surface area (Å²) in [4.78, 5) is 17.3. The van der Waals surface area contributed by atoms with E-state index in [9.17, 15) is 4.79 Å². The zero-order chi connectivity index (χ0) is 13.9. The second-order valence-electron chi connectivity index (χ2n) is 7.20. The molecule has 1 atom stereocenters. The second kappa shape index (κ2) is 6.25. The summed E-state index contributed by atoms with van der Waals surface area (Å²) < 4.78 is 0. The quantitative estimate of drug-likeness (QED) is 0.728. The van der Waals surface area contributed by atoms with E-state index in [0.717, 1.165) is 32.6 Å². The summed E-state index contributed by atoms with van der Waals surface area (Å²) in [5.74, 6) is 0.668. The zero-order valence-electron chi connectivity index (χ0n) is 13.0. The molecule has 0 radical (unpaired) electrons. The Kier molecular flexibility index (Phi) is 4.88. The third-order valence-electron chi connectivity index (χ3n) is 4.64. The van der Waals surface area contributed by atoms with Crippen molar-refractivity contribution in [2.24, 2.45) is 5.92 Å². The minimum atomic E-state index is 0.192. The van der Waals surface area contributed by atoms with Gasteiger partial charge >= 0.3 is 0 Å². The highest BCUT2D eigenvalue weighted by molar-refractivity contribution is 5.79. The number of carbonyl (C=O) groups is 1. The Balaban J connectivity index is 1.94. The molecule has 1 amide bonds. The number of amides is 1. The first kappa shape index (κ1) is 14.8. The normalized spacial score (nSPS) is 27.1. The summed E-state index contributed by atoms with van der Waals surface area (Å²) in [6, 6.07) is 0. The molecule has 0 N–H and O–H groups in total. The molecule has 2 aliphatic rings. The molecule has 3 nitrogen and oxygen atoms in total. The number of hydrogen-bond acceptors (Lipinski definition) is 2. The van der Waals surface area contributed by atoms with Gasteiger partial charge in [-0.3, -0.25) is 9.69 Å². The van der Waals surface area contributed by atoms with E-state index >= 15 is 0 Å². The van der Waals surface area contributed by atoms with Gasteiger partial charge < -0.3 is 4.90 Å². The van der Waals surface area contributed by atoms with Crippen molar-refractivity contribution in [1.82, 2.24) is 9.80 Å². The van der Waals surface area contributed by atoms with E-state index in [1.54, 1.807) is 0 Å². The fourth-order valence-electron chi connectivity index (χ4n) is 3.34. The lowest BCUT2D eigenvalue weighted by Gasteiger charge is -2.42. The largest absolute Gasteiger partial charge is 0.342 e. The van der Waals surface area contributed by atoms with Crippen molar-refractivity contribution in [2.45, 2.75) is 64.8 Å². The van der Waals surface area contributed by atoms with Gasteiger partial charge in [-0.2, -0.15) is 0 Å². The highest BCUT2D eigenvalue weighted by Crippen LogP contribution is 2.25. The summed E-state index contributed by atoms with van der Waals surface area (Å²) >= 11 is 0. The lowest BCUT2D eigenvalue weighted by molar-refractivity contribution is -0.138. The van der Waals surface area contributed by atoms with Gasteiger partial charge in [-0.05, 0) is 53.0 Å². The van der Waals surface area contributed by atoms with Crippen LogP contribution in [0.2, 0.25) is 0 Å². The van der Waals surface area contributed by atoms with Gasteiger partial charge in [0.25, 0.3) is 0 Å². The topological polar surface area (TPSA) is 23.6 Å². The van der Waals surface area contributed by atoms with Crippen molar-refractivity contribution in [3.05, 3.63) is 0 Å². The average molecular weight is 266 g/mol. The van der Waals surface area contributed by atoms with Crippen LogP contribution in [0.4, 0.5) is 0 Å². The molecule has 3 heteroatoms. The number of nitrogens with zero attached hydrogens (tertiary/aromatic N) is 2. The van der Waals surface area contributed by atoms with E-state index in [2.05, 4.69) is 30.6 Å². The standard InChI is InChI=1S/C16H30N2O/c1-16(2,3)18-12-8-9-14(13-18)15(19)17-10-6-4-5-7-11-17/h14H,4-13H2,1-3H3. The Hall–Kier alpha value is -0.570. The summed E-state index contributed by atoms with van der Waals surface area (Å²) in [5.41, 5.74) is 0.192. The lowest BCUT2D eigenvalue weighted by atomic mass is 9.92. The van der Waals surface area contributed by atoms with Gasteiger partial charge in [0, 0.05) is 25.2 Å². The molecular formula is C16H30N2O. The van der Waals surface area contributed by atoms with Crippen molar-refractivity contribution in [3.8, 4) is 0 Å². The van der Waals surface area contributed by atoms with Crippen LogP contribution in [0.3, 0.4) is 0 Å². The van der Waals surface area contributed by atoms with Crippen molar-refractivity contribution < 1.29 is 4.79 Å². The molecule has 2 rings (SSSR count). The fourth-order valence-corrected chi connectivity index (χ4v) is 3.34. The summed E-state index contributed by atoms with van der Waals surface area (Å²) in [5, 5.41) is 0. The van der Waals surface area contributed by atoms with E-state index in [1.165, 1.54) is 32.1 Å². The minimum Gasteiger partial charge on any atom is -0.342 e. The van der Waals surface area contributed by atoms with E-state index < -0.39 is 0 Å². The molecule has 0 spiro atoms. The molecule has 2 aliphatic heterocycles. The lowest BCUT2D eigenvalue weighted by Crippen LogP contribution is -2.51. The van der Waals surface area contributed by atoms with Crippen molar-refractivity contribution in [2.75, 3.05) is 26.2 Å². The molecular weight excluding hydrogens is 236 g/mol. The Morgan fingerprint density at radius 3 is 2.16 bits per heavy atom. The van der Waals surface area contributed by atoms with Gasteiger partial charge in [0.05, 0.1) is 5.92 Å². The van der Waals surface area contributed by atoms with Gasteiger partial charge in [-0.25, -0.2) is 0 Å². The average Bonchev–Trinajstić information content (AvgIpc) is 2.66. The van der Waals surface area contributed by atoms with Gasteiger partial charge in [-0.15, -0.1) is 0 Å². The van der Waals surface area contributed by atoms with Crippen LogP contribution in [0, 0.1) is 5.92 Å². The molecule has 19 heavy (non-hydrogen) atoms. The third kappa shape index (κ3) is 3.95. The molecule has 2 heterocycles. The van der Waals surface area contributed by atoms with Crippen LogP contribution in [0.1, 0.15) is 59.3 Å². The van der Waals surface area contributed by atoms with Crippen LogP contribution in [-0.4, -0.2) is 47.4 Å². The predicted molar refractivity (Wildman–Crippen MR) is 79.1 cm³/mol. The minimum absolute atomic E-state index is 0.192.